The molecule has 0 aliphatic heterocycles. The fourth-order valence-corrected chi connectivity index (χ4v) is 3.87. The van der Waals surface area contributed by atoms with Gasteiger partial charge < -0.3 is 20.4 Å². The van der Waals surface area contributed by atoms with Gasteiger partial charge >= 0.3 is 0 Å². The van der Waals surface area contributed by atoms with Gasteiger partial charge in [-0.25, -0.2) is 0 Å². The molecular formula is C30H24O6. The molecule has 4 N–H and O–H groups in total. The summed E-state index contributed by atoms with van der Waals surface area (Å²) in [5.41, 5.74) is 2.54. The number of hydrogen-bond donors (Lipinski definition) is 4. The van der Waals surface area contributed by atoms with Gasteiger partial charge in [0.25, 0.3) is 0 Å². The first-order valence-corrected chi connectivity index (χ1v) is 11.3. The quantitative estimate of drug-likeness (QED) is 0.185. The van der Waals surface area contributed by atoms with Crippen LogP contribution in [-0.4, -0.2) is 32.0 Å². The van der Waals surface area contributed by atoms with Crippen molar-refractivity contribution in [2.45, 2.75) is 12.8 Å². The van der Waals surface area contributed by atoms with Gasteiger partial charge in [0.05, 0.1) is 11.1 Å². The number of Topliss-reactive ketones (excluding diaryl/α,β-unsaturated/α-hetero) is 1. The average Bonchev–Trinajstić information content (AvgIpc) is 2.88. The van der Waals surface area contributed by atoms with Crippen LogP contribution in [0.2, 0.25) is 0 Å². The van der Waals surface area contributed by atoms with Crippen LogP contribution in [-0.2, 0) is 6.42 Å². The first kappa shape index (κ1) is 24.3. The summed E-state index contributed by atoms with van der Waals surface area (Å²) in [5, 5.41) is 40.7. The molecule has 4 rings (SSSR count). The fraction of sp³-hybridized carbons (Fsp3) is 0.0667. The van der Waals surface area contributed by atoms with Gasteiger partial charge in [0.1, 0.15) is 23.0 Å². The first-order valence-electron chi connectivity index (χ1n) is 11.3. The second-order valence-electron chi connectivity index (χ2n) is 8.28. The van der Waals surface area contributed by atoms with Crippen LogP contribution < -0.4 is 0 Å². The van der Waals surface area contributed by atoms with Crippen LogP contribution in [0.4, 0.5) is 0 Å². The third-order valence-corrected chi connectivity index (χ3v) is 5.81. The van der Waals surface area contributed by atoms with Crippen LogP contribution in [0.5, 0.6) is 23.0 Å². The molecule has 0 unspecified atom stereocenters. The number of aryl methyl sites for hydroxylation is 1. The molecule has 6 nitrogen and oxygen atoms in total. The Bertz CT molecular complexity index is 1470. The molecule has 0 spiro atoms. The first-order chi connectivity index (χ1) is 17.3. The number of para-hydroxylation sites is 2. The molecule has 4 aromatic rings. The highest BCUT2D eigenvalue weighted by Crippen LogP contribution is 2.37. The minimum absolute atomic E-state index is 0.0486. The molecule has 0 saturated heterocycles. The molecule has 4 aromatic carbocycles. The van der Waals surface area contributed by atoms with E-state index in [4.69, 9.17) is 0 Å². The van der Waals surface area contributed by atoms with E-state index in [-0.39, 0.29) is 52.1 Å². The van der Waals surface area contributed by atoms with Crippen LogP contribution >= 0.6 is 0 Å². The third-order valence-electron chi connectivity index (χ3n) is 5.81. The van der Waals surface area contributed by atoms with E-state index in [0.717, 1.165) is 5.56 Å². The Morgan fingerprint density at radius 2 is 1.22 bits per heavy atom. The van der Waals surface area contributed by atoms with Gasteiger partial charge in [0.2, 0.25) is 0 Å². The second kappa shape index (κ2) is 10.6. The Labute approximate surface area is 208 Å². The van der Waals surface area contributed by atoms with Crippen molar-refractivity contribution in [2.24, 2.45) is 0 Å². The Hall–Kier alpha value is -4.84. The molecule has 0 radical (unpaired) electrons. The van der Waals surface area contributed by atoms with Crippen molar-refractivity contribution in [1.82, 2.24) is 0 Å². The number of benzene rings is 4. The lowest BCUT2D eigenvalue weighted by molar-refractivity contribution is 0.0979. The number of rotatable bonds is 8. The molecule has 0 aromatic heterocycles. The van der Waals surface area contributed by atoms with Crippen molar-refractivity contribution in [3.63, 3.8) is 0 Å². The SMILES string of the molecule is O=C(C=Cc1ccc(O)c(-c2cc(CCC(=O)c3ccccc3O)ccc2O)c1)c1ccccc1O. The minimum Gasteiger partial charge on any atom is -0.507 e. The van der Waals surface area contributed by atoms with E-state index < -0.39 is 0 Å². The molecule has 180 valence electrons. The van der Waals surface area contributed by atoms with Crippen LogP contribution in [0.1, 0.15) is 38.3 Å². The largest absolute Gasteiger partial charge is 0.507 e. The lowest BCUT2D eigenvalue weighted by Crippen LogP contribution is -2.01. The topological polar surface area (TPSA) is 115 Å². The Balaban J connectivity index is 1.56. The van der Waals surface area contributed by atoms with Crippen LogP contribution in [0.3, 0.4) is 0 Å². The van der Waals surface area contributed by atoms with Gasteiger partial charge in [0.15, 0.2) is 11.6 Å². The molecule has 0 bridgehead atoms. The van der Waals surface area contributed by atoms with Crippen LogP contribution in [0.15, 0.2) is 91.0 Å². The summed E-state index contributed by atoms with van der Waals surface area (Å²) >= 11 is 0. The summed E-state index contributed by atoms with van der Waals surface area (Å²) < 4.78 is 0. The number of hydrogen-bond acceptors (Lipinski definition) is 6. The van der Waals surface area contributed by atoms with E-state index in [1.54, 1.807) is 60.7 Å². The zero-order chi connectivity index (χ0) is 25.7. The van der Waals surface area contributed by atoms with Gasteiger partial charge in [0, 0.05) is 17.5 Å². The van der Waals surface area contributed by atoms with Gasteiger partial charge in [-0.2, -0.15) is 0 Å². The van der Waals surface area contributed by atoms with E-state index in [0.29, 0.717) is 23.1 Å². The highest BCUT2D eigenvalue weighted by molar-refractivity contribution is 6.08. The van der Waals surface area contributed by atoms with Crippen molar-refractivity contribution < 1.29 is 30.0 Å². The average molecular weight is 481 g/mol. The smallest absolute Gasteiger partial charge is 0.189 e. The maximum absolute atomic E-state index is 12.5. The second-order valence-corrected chi connectivity index (χ2v) is 8.28. The Morgan fingerprint density at radius 3 is 1.89 bits per heavy atom. The lowest BCUT2D eigenvalue weighted by Gasteiger charge is -2.11. The molecule has 0 saturated carbocycles. The monoisotopic (exact) mass is 480 g/mol. The molecule has 0 fully saturated rings. The van der Waals surface area contributed by atoms with Gasteiger partial charge in [-0.1, -0.05) is 42.5 Å². The minimum atomic E-state index is -0.373. The number of aromatic hydroxyl groups is 4. The van der Waals surface area contributed by atoms with Crippen molar-refractivity contribution in [2.75, 3.05) is 0 Å². The third kappa shape index (κ3) is 5.45. The molecule has 0 aliphatic carbocycles. The van der Waals surface area contributed by atoms with Crippen LogP contribution in [0, 0.1) is 0 Å². The lowest BCUT2D eigenvalue weighted by atomic mass is 9.96. The normalized spacial score (nSPS) is 11.0. The number of carbonyl (C=O) groups is 2. The molecular weight excluding hydrogens is 456 g/mol. The van der Waals surface area contributed by atoms with Gasteiger partial charge in [-0.05, 0) is 72.2 Å². The van der Waals surface area contributed by atoms with Crippen molar-refractivity contribution in [3.8, 4) is 34.1 Å². The van der Waals surface area contributed by atoms with E-state index in [9.17, 15) is 30.0 Å². The number of ketones is 2. The van der Waals surface area contributed by atoms with Crippen molar-refractivity contribution in [3.05, 3.63) is 113 Å². The number of phenols is 4. The van der Waals surface area contributed by atoms with Crippen LogP contribution in [0.25, 0.3) is 17.2 Å². The summed E-state index contributed by atoms with van der Waals surface area (Å²) in [6.07, 6.45) is 3.41. The molecule has 0 atom stereocenters. The zero-order valence-corrected chi connectivity index (χ0v) is 19.3. The predicted octanol–water partition coefficient (Wildman–Crippen LogP) is 5.89. The van der Waals surface area contributed by atoms with E-state index in [1.807, 2.05) is 0 Å². The fourth-order valence-electron chi connectivity index (χ4n) is 3.87. The van der Waals surface area contributed by atoms with E-state index >= 15 is 0 Å². The number of allylic oxidation sites excluding steroid dienone is 1. The number of phenolic OH excluding ortho intramolecular Hbond substituents is 4. The van der Waals surface area contributed by atoms with Crippen molar-refractivity contribution in [1.29, 1.82) is 0 Å². The molecule has 0 aliphatic rings. The molecule has 36 heavy (non-hydrogen) atoms. The molecule has 6 heteroatoms. The van der Waals surface area contributed by atoms with E-state index in [2.05, 4.69) is 0 Å². The summed E-state index contributed by atoms with van der Waals surface area (Å²) in [6, 6.07) is 22.2. The standard InChI is InChI=1S/C30H24O6/c31-25-7-3-1-5-21(25)27(33)13-9-19-11-15-29(35)23(17-19)24-18-20(12-16-30(24)36)10-14-28(34)22-6-2-4-8-26(22)32/h1-9,11-13,15-18,31-32,35-36H,10,14H2. The highest BCUT2D eigenvalue weighted by atomic mass is 16.3. The highest BCUT2D eigenvalue weighted by Gasteiger charge is 2.14. The number of carbonyl (C=O) groups excluding carboxylic acids is 2. The zero-order valence-electron chi connectivity index (χ0n) is 19.3. The summed E-state index contributed by atoms with van der Waals surface area (Å²) in [5.74, 6) is -0.858. The summed E-state index contributed by atoms with van der Waals surface area (Å²) in [7, 11) is 0. The molecule has 0 heterocycles. The molecule has 0 amide bonds. The maximum atomic E-state index is 12.5. The maximum Gasteiger partial charge on any atom is 0.189 e. The predicted molar refractivity (Wildman–Crippen MR) is 137 cm³/mol. The van der Waals surface area contributed by atoms with Gasteiger partial charge in [-0.3, -0.25) is 9.59 Å². The summed E-state index contributed by atoms with van der Waals surface area (Å²) in [6.45, 7) is 0. The van der Waals surface area contributed by atoms with E-state index in [1.165, 1.54) is 36.4 Å². The van der Waals surface area contributed by atoms with Gasteiger partial charge in [-0.15, -0.1) is 0 Å². The Kier molecular flexibility index (Phi) is 7.16. The van der Waals surface area contributed by atoms with Crippen molar-refractivity contribution >= 4 is 17.6 Å². The Morgan fingerprint density at radius 1 is 0.639 bits per heavy atom. The summed E-state index contributed by atoms with van der Waals surface area (Å²) in [4.78, 5) is 24.9.